The maximum absolute atomic E-state index is 11.5. The largest absolute Gasteiger partial charge is 0.456 e. The van der Waals surface area contributed by atoms with Gasteiger partial charge in [0.25, 0.3) is 5.91 Å². The Hall–Kier alpha value is -1.64. The van der Waals surface area contributed by atoms with Crippen LogP contribution in [0.25, 0.3) is 0 Å². The molecule has 0 unspecified atom stereocenters. The summed E-state index contributed by atoms with van der Waals surface area (Å²) in [6.45, 7) is 0.774. The Morgan fingerprint density at radius 3 is 2.65 bits per heavy atom. The number of hydrogen-bond donors (Lipinski definition) is 2. The molecule has 0 radical (unpaired) electrons. The molecule has 0 spiro atoms. The van der Waals surface area contributed by atoms with Crippen LogP contribution in [0.4, 0.5) is 0 Å². The molecule has 108 valence electrons. The van der Waals surface area contributed by atoms with Crippen molar-refractivity contribution in [3.8, 4) is 0 Å². The highest BCUT2D eigenvalue weighted by Gasteiger charge is 2.19. The number of carbonyl (C=O) groups is 3. The van der Waals surface area contributed by atoms with Gasteiger partial charge in [-0.05, 0) is 40.3 Å². The third-order valence-electron chi connectivity index (χ3n) is 2.41. The fraction of sp³-hybridized carbons (Fsp3) is 0.308. The molecule has 0 aliphatic heterocycles. The first-order valence-electron chi connectivity index (χ1n) is 5.85. The Kier molecular flexibility index (Phi) is 6.43. The van der Waals surface area contributed by atoms with Gasteiger partial charge in [0.15, 0.2) is 6.61 Å². The zero-order chi connectivity index (χ0) is 15.1. The lowest BCUT2D eigenvalue weighted by atomic mass is 10.1. The van der Waals surface area contributed by atoms with E-state index in [-0.39, 0.29) is 6.42 Å². The second kappa shape index (κ2) is 7.83. The first kappa shape index (κ1) is 16.4. The molecule has 6 nitrogen and oxygen atoms in total. The average Bonchev–Trinajstić information content (AvgIpc) is 2.35. The fourth-order valence-electron chi connectivity index (χ4n) is 1.53. The van der Waals surface area contributed by atoms with Gasteiger partial charge >= 0.3 is 5.97 Å². The van der Waals surface area contributed by atoms with Gasteiger partial charge in [-0.25, -0.2) is 0 Å². The molecule has 7 heteroatoms. The summed E-state index contributed by atoms with van der Waals surface area (Å²) in [7, 11) is 0. The summed E-state index contributed by atoms with van der Waals surface area (Å²) in [5.74, 6) is -1.76. The van der Waals surface area contributed by atoms with Crippen LogP contribution in [-0.4, -0.2) is 30.4 Å². The van der Waals surface area contributed by atoms with Crippen LogP contribution in [0.3, 0.4) is 0 Å². The number of esters is 1. The number of amides is 2. The van der Waals surface area contributed by atoms with E-state index in [0.29, 0.717) is 0 Å². The van der Waals surface area contributed by atoms with E-state index in [1.165, 1.54) is 6.92 Å². The Labute approximate surface area is 130 Å². The van der Waals surface area contributed by atoms with Crippen LogP contribution in [-0.2, 0) is 25.5 Å². The highest BCUT2D eigenvalue weighted by Crippen LogP contribution is 2.09. The minimum absolute atomic E-state index is 0.290. The van der Waals surface area contributed by atoms with Crippen molar-refractivity contribution in [1.82, 2.24) is 5.32 Å². The highest BCUT2D eigenvalue weighted by molar-refractivity contribution is 14.1. The molecule has 0 heterocycles. The molecule has 0 saturated carbocycles. The molecule has 0 bridgehead atoms. The SMILES string of the molecule is CC(=O)OCC(=O)N[C@H](Cc1cccc(I)c1)C(N)=O. The predicted octanol–water partition coefficient (Wildman–Crippen LogP) is 0.367. The molecular weight excluding hydrogens is 375 g/mol. The molecule has 3 N–H and O–H groups in total. The molecule has 0 aliphatic rings. The number of primary amides is 1. The van der Waals surface area contributed by atoms with Gasteiger partial charge in [-0.15, -0.1) is 0 Å². The highest BCUT2D eigenvalue weighted by atomic mass is 127. The molecule has 1 aromatic carbocycles. The van der Waals surface area contributed by atoms with E-state index >= 15 is 0 Å². The zero-order valence-electron chi connectivity index (χ0n) is 10.9. The summed E-state index contributed by atoms with van der Waals surface area (Å²) in [5, 5.41) is 2.45. The Morgan fingerprint density at radius 1 is 1.40 bits per heavy atom. The summed E-state index contributed by atoms with van der Waals surface area (Å²) in [6.07, 6.45) is 0.290. The van der Waals surface area contributed by atoms with Gasteiger partial charge in [0, 0.05) is 16.9 Å². The summed E-state index contributed by atoms with van der Waals surface area (Å²) >= 11 is 2.15. The lowest BCUT2D eigenvalue weighted by molar-refractivity contribution is -0.146. The standard InChI is InChI=1S/C13H15IN2O4/c1-8(17)20-7-12(18)16-11(13(15)19)6-9-3-2-4-10(14)5-9/h2-5,11H,6-7H2,1H3,(H2,15,19)(H,16,18)/t11-/m1/s1. The minimum atomic E-state index is -0.837. The Balaban J connectivity index is 2.63. The molecule has 20 heavy (non-hydrogen) atoms. The molecular formula is C13H15IN2O4. The smallest absolute Gasteiger partial charge is 0.303 e. The second-order valence-corrected chi connectivity index (χ2v) is 5.38. The van der Waals surface area contributed by atoms with E-state index in [9.17, 15) is 14.4 Å². The first-order chi connectivity index (χ1) is 9.38. The first-order valence-corrected chi connectivity index (χ1v) is 6.93. The van der Waals surface area contributed by atoms with Crippen molar-refractivity contribution in [3.05, 3.63) is 33.4 Å². The predicted molar refractivity (Wildman–Crippen MR) is 80.6 cm³/mol. The quantitative estimate of drug-likeness (QED) is 0.542. The van der Waals surface area contributed by atoms with E-state index in [0.717, 1.165) is 9.13 Å². The Morgan fingerprint density at radius 2 is 2.10 bits per heavy atom. The van der Waals surface area contributed by atoms with Gasteiger partial charge in [0.2, 0.25) is 5.91 Å². The van der Waals surface area contributed by atoms with E-state index in [4.69, 9.17) is 5.73 Å². The summed E-state index contributed by atoms with van der Waals surface area (Å²) in [4.78, 5) is 33.5. The van der Waals surface area contributed by atoms with Gasteiger partial charge in [0.1, 0.15) is 6.04 Å². The van der Waals surface area contributed by atoms with E-state index in [2.05, 4.69) is 32.6 Å². The lowest BCUT2D eigenvalue weighted by Crippen LogP contribution is -2.47. The molecule has 2 amide bonds. The normalized spacial score (nSPS) is 11.5. The van der Waals surface area contributed by atoms with E-state index in [1.54, 1.807) is 0 Å². The van der Waals surface area contributed by atoms with Gasteiger partial charge in [-0.2, -0.15) is 0 Å². The van der Waals surface area contributed by atoms with Crippen LogP contribution >= 0.6 is 22.6 Å². The number of ether oxygens (including phenoxy) is 1. The molecule has 0 saturated heterocycles. The lowest BCUT2D eigenvalue weighted by Gasteiger charge is -2.15. The minimum Gasteiger partial charge on any atom is -0.456 e. The summed E-state index contributed by atoms with van der Waals surface area (Å²) < 4.78 is 5.57. The van der Waals surface area contributed by atoms with E-state index < -0.39 is 30.4 Å². The number of nitrogens with one attached hydrogen (secondary N) is 1. The van der Waals surface area contributed by atoms with Crippen LogP contribution < -0.4 is 11.1 Å². The van der Waals surface area contributed by atoms with Crippen LogP contribution in [0.15, 0.2) is 24.3 Å². The average molecular weight is 390 g/mol. The number of hydrogen-bond acceptors (Lipinski definition) is 4. The van der Waals surface area contributed by atoms with Crippen molar-refractivity contribution in [3.63, 3.8) is 0 Å². The summed E-state index contributed by atoms with van der Waals surface area (Å²) in [5.41, 5.74) is 6.15. The van der Waals surface area contributed by atoms with Crippen molar-refractivity contribution >= 4 is 40.4 Å². The maximum Gasteiger partial charge on any atom is 0.303 e. The molecule has 1 atom stereocenters. The van der Waals surface area contributed by atoms with Crippen molar-refractivity contribution in [1.29, 1.82) is 0 Å². The maximum atomic E-state index is 11.5. The number of nitrogens with two attached hydrogens (primary N) is 1. The van der Waals surface area contributed by atoms with Gasteiger partial charge in [-0.1, -0.05) is 12.1 Å². The van der Waals surface area contributed by atoms with Crippen molar-refractivity contribution in [2.45, 2.75) is 19.4 Å². The molecule has 1 rings (SSSR count). The van der Waals surface area contributed by atoms with Crippen molar-refractivity contribution in [2.24, 2.45) is 5.73 Å². The van der Waals surface area contributed by atoms with E-state index in [1.807, 2.05) is 24.3 Å². The number of rotatable bonds is 6. The number of halogens is 1. The molecule has 0 fully saturated rings. The van der Waals surface area contributed by atoms with Gasteiger partial charge < -0.3 is 15.8 Å². The molecule has 1 aromatic rings. The third kappa shape index (κ3) is 6.00. The Bertz CT molecular complexity index is 519. The van der Waals surface area contributed by atoms with Crippen LogP contribution in [0, 0.1) is 3.57 Å². The number of carbonyl (C=O) groups excluding carboxylic acids is 3. The molecule has 0 aromatic heterocycles. The van der Waals surface area contributed by atoms with Crippen LogP contribution in [0.5, 0.6) is 0 Å². The van der Waals surface area contributed by atoms with Crippen molar-refractivity contribution < 1.29 is 19.1 Å². The topological polar surface area (TPSA) is 98.5 Å². The number of benzene rings is 1. The van der Waals surface area contributed by atoms with Crippen LogP contribution in [0.1, 0.15) is 12.5 Å². The molecule has 0 aliphatic carbocycles. The second-order valence-electron chi connectivity index (χ2n) is 4.14. The summed E-state index contributed by atoms with van der Waals surface area (Å²) in [6, 6.07) is 6.68. The third-order valence-corrected chi connectivity index (χ3v) is 3.09. The van der Waals surface area contributed by atoms with Crippen molar-refractivity contribution in [2.75, 3.05) is 6.61 Å². The fourth-order valence-corrected chi connectivity index (χ4v) is 2.13. The van der Waals surface area contributed by atoms with Gasteiger partial charge in [-0.3, -0.25) is 14.4 Å². The van der Waals surface area contributed by atoms with Gasteiger partial charge in [0.05, 0.1) is 0 Å². The zero-order valence-corrected chi connectivity index (χ0v) is 13.0. The monoisotopic (exact) mass is 390 g/mol. The van der Waals surface area contributed by atoms with Crippen LogP contribution in [0.2, 0.25) is 0 Å².